The fraction of sp³-hybridized carbons (Fsp3) is 0.174. The molecule has 0 amide bonds. The Morgan fingerprint density at radius 2 is 1.84 bits per heavy atom. The van der Waals surface area contributed by atoms with Crippen molar-refractivity contribution in [3.05, 3.63) is 70.0 Å². The normalized spacial score (nSPS) is 14.1. The lowest BCUT2D eigenvalue weighted by atomic mass is 10.1. The highest BCUT2D eigenvalue weighted by Gasteiger charge is 2.31. The van der Waals surface area contributed by atoms with Crippen molar-refractivity contribution >= 4 is 40.8 Å². The van der Waals surface area contributed by atoms with E-state index in [2.05, 4.69) is 0 Å². The molecule has 0 radical (unpaired) electrons. The van der Waals surface area contributed by atoms with Crippen LogP contribution < -0.4 is 14.5 Å². The van der Waals surface area contributed by atoms with E-state index in [1.54, 1.807) is 48.2 Å². The van der Waals surface area contributed by atoms with Crippen molar-refractivity contribution in [2.45, 2.75) is 0 Å². The van der Waals surface area contributed by atoms with E-state index >= 15 is 0 Å². The highest BCUT2D eigenvalue weighted by atomic mass is 35.5. The van der Waals surface area contributed by atoms with E-state index in [0.29, 0.717) is 22.2 Å². The van der Waals surface area contributed by atoms with Gasteiger partial charge < -0.3 is 19.3 Å². The minimum atomic E-state index is -0.683. The van der Waals surface area contributed by atoms with Crippen LogP contribution in [0.3, 0.4) is 0 Å². The van der Waals surface area contributed by atoms with Crippen LogP contribution in [-0.2, 0) is 14.3 Å². The Bertz CT molecular complexity index is 1160. The Balaban J connectivity index is 1.50. The number of hydrogen-bond donors (Lipinski definition) is 0. The van der Waals surface area contributed by atoms with Gasteiger partial charge in [0.05, 0.1) is 16.9 Å². The Kier molecular flexibility index (Phi) is 5.40. The van der Waals surface area contributed by atoms with Crippen molar-refractivity contribution in [3.8, 4) is 11.8 Å². The van der Waals surface area contributed by atoms with Gasteiger partial charge in [0.25, 0.3) is 0 Å². The quantitative estimate of drug-likeness (QED) is 0.412. The van der Waals surface area contributed by atoms with E-state index in [0.717, 1.165) is 11.4 Å². The summed E-state index contributed by atoms with van der Waals surface area (Å²) in [5.41, 5.74) is 2.58. The summed E-state index contributed by atoms with van der Waals surface area (Å²) in [5.74, 6) is -0.218. The van der Waals surface area contributed by atoms with Gasteiger partial charge in [-0.25, -0.2) is 4.79 Å². The fourth-order valence-corrected chi connectivity index (χ4v) is 3.80. The number of rotatable bonds is 4. The van der Waals surface area contributed by atoms with E-state index in [4.69, 9.17) is 21.1 Å². The molecule has 156 valence electrons. The number of anilines is 2. The molecule has 4 rings (SSSR count). The van der Waals surface area contributed by atoms with Crippen LogP contribution in [0.5, 0.6) is 5.75 Å². The summed E-state index contributed by atoms with van der Waals surface area (Å²) in [6, 6.07) is 14.6. The molecule has 0 aliphatic carbocycles. The van der Waals surface area contributed by atoms with Crippen LogP contribution in [0.4, 0.5) is 11.4 Å². The number of Topliss-reactive ketones (excluding diaryl/α,β-unsaturated/α-hetero) is 1. The zero-order chi connectivity index (χ0) is 22.1. The van der Waals surface area contributed by atoms with Gasteiger partial charge in [0, 0.05) is 24.7 Å². The van der Waals surface area contributed by atoms with Gasteiger partial charge in [0.1, 0.15) is 29.8 Å². The van der Waals surface area contributed by atoms with Crippen molar-refractivity contribution in [1.82, 2.24) is 0 Å². The Morgan fingerprint density at radius 3 is 2.48 bits per heavy atom. The molecule has 0 aromatic heterocycles. The molecule has 2 aromatic rings. The number of esters is 1. The molecule has 0 spiro atoms. The maximum absolute atomic E-state index is 12.8. The van der Waals surface area contributed by atoms with E-state index in [9.17, 15) is 14.9 Å². The van der Waals surface area contributed by atoms with Crippen LogP contribution in [0, 0.1) is 11.3 Å². The zero-order valence-corrected chi connectivity index (χ0v) is 17.6. The molecule has 0 saturated carbocycles. The Labute approximate surface area is 184 Å². The first kappa shape index (κ1) is 20.5. The molecule has 0 unspecified atom stereocenters. The number of ether oxygens (including phenoxy) is 2. The summed E-state index contributed by atoms with van der Waals surface area (Å²) in [4.78, 5) is 28.8. The number of ketones is 1. The SMILES string of the molecule is CN1C(=C(C#N)C(=O)COC(=O)C2=Cc3cc(Cl)ccc3OC2)N(C)c2ccccc21. The summed E-state index contributed by atoms with van der Waals surface area (Å²) in [5, 5.41) is 10.2. The molecule has 2 aromatic carbocycles. The predicted octanol–water partition coefficient (Wildman–Crippen LogP) is 3.55. The molecule has 2 heterocycles. The van der Waals surface area contributed by atoms with Crippen molar-refractivity contribution in [1.29, 1.82) is 5.26 Å². The minimum absolute atomic E-state index is 0.0225. The second-order valence-corrected chi connectivity index (χ2v) is 7.49. The largest absolute Gasteiger partial charge is 0.488 e. The number of nitrogens with zero attached hydrogens (tertiary/aromatic N) is 3. The molecule has 31 heavy (non-hydrogen) atoms. The first-order valence-corrected chi connectivity index (χ1v) is 9.82. The van der Waals surface area contributed by atoms with Gasteiger partial charge >= 0.3 is 5.97 Å². The lowest BCUT2D eigenvalue weighted by Gasteiger charge is -2.20. The summed E-state index contributed by atoms with van der Waals surface area (Å²) >= 11 is 5.99. The van der Waals surface area contributed by atoms with Crippen LogP contribution in [0.15, 0.2) is 59.4 Å². The maximum Gasteiger partial charge on any atom is 0.337 e. The number of hydrogen-bond acceptors (Lipinski definition) is 7. The summed E-state index contributed by atoms with van der Waals surface area (Å²) in [6.07, 6.45) is 1.62. The number of nitriles is 1. The average Bonchev–Trinajstić information content (AvgIpc) is 3.03. The monoisotopic (exact) mass is 435 g/mol. The predicted molar refractivity (Wildman–Crippen MR) is 117 cm³/mol. The number of carbonyl (C=O) groups is 2. The lowest BCUT2D eigenvalue weighted by molar-refractivity contribution is -0.143. The number of carbonyl (C=O) groups excluding carboxylic acids is 2. The third-order valence-electron chi connectivity index (χ3n) is 5.14. The topological polar surface area (TPSA) is 82.9 Å². The third kappa shape index (κ3) is 3.74. The molecule has 8 heteroatoms. The number of fused-ring (bicyclic) bond motifs is 2. The average molecular weight is 436 g/mol. The van der Waals surface area contributed by atoms with E-state index in [1.807, 2.05) is 30.3 Å². The highest BCUT2D eigenvalue weighted by Crippen LogP contribution is 2.40. The summed E-state index contributed by atoms with van der Waals surface area (Å²) in [6.45, 7) is -0.530. The smallest absolute Gasteiger partial charge is 0.337 e. The van der Waals surface area contributed by atoms with Crippen molar-refractivity contribution in [3.63, 3.8) is 0 Å². The van der Waals surface area contributed by atoms with Gasteiger partial charge in [-0.15, -0.1) is 0 Å². The zero-order valence-electron chi connectivity index (χ0n) is 16.9. The molecule has 7 nitrogen and oxygen atoms in total. The van der Waals surface area contributed by atoms with Crippen LogP contribution in [0.1, 0.15) is 5.56 Å². The lowest BCUT2D eigenvalue weighted by Crippen LogP contribution is -2.28. The summed E-state index contributed by atoms with van der Waals surface area (Å²) < 4.78 is 10.7. The van der Waals surface area contributed by atoms with Gasteiger partial charge in [0.2, 0.25) is 5.78 Å². The van der Waals surface area contributed by atoms with Gasteiger partial charge in [-0.2, -0.15) is 5.26 Å². The highest BCUT2D eigenvalue weighted by molar-refractivity contribution is 6.30. The Morgan fingerprint density at radius 1 is 1.16 bits per heavy atom. The fourth-order valence-electron chi connectivity index (χ4n) is 3.62. The van der Waals surface area contributed by atoms with Crippen molar-refractivity contribution < 1.29 is 19.1 Å². The second kappa shape index (κ2) is 8.17. The molecule has 0 N–H and O–H groups in total. The van der Waals surface area contributed by atoms with Crippen LogP contribution in [-0.4, -0.2) is 39.1 Å². The van der Waals surface area contributed by atoms with Gasteiger partial charge in [0.15, 0.2) is 6.61 Å². The number of halogens is 1. The Hall–Kier alpha value is -3.76. The molecular formula is C23H18ClN3O4. The maximum atomic E-state index is 12.8. The molecular weight excluding hydrogens is 418 g/mol. The first-order valence-electron chi connectivity index (χ1n) is 9.45. The molecule has 0 bridgehead atoms. The van der Waals surface area contributed by atoms with Crippen LogP contribution >= 0.6 is 11.6 Å². The minimum Gasteiger partial charge on any atom is -0.488 e. The molecule has 0 atom stereocenters. The van der Waals surface area contributed by atoms with E-state index < -0.39 is 18.4 Å². The van der Waals surface area contributed by atoms with Gasteiger partial charge in [-0.3, -0.25) is 4.79 Å². The second-order valence-electron chi connectivity index (χ2n) is 7.06. The number of para-hydroxylation sites is 2. The first-order chi connectivity index (χ1) is 14.9. The summed E-state index contributed by atoms with van der Waals surface area (Å²) in [7, 11) is 3.56. The van der Waals surface area contributed by atoms with Gasteiger partial charge in [-0.05, 0) is 36.4 Å². The molecule has 0 saturated heterocycles. The molecule has 2 aliphatic heterocycles. The van der Waals surface area contributed by atoms with Crippen molar-refractivity contribution in [2.24, 2.45) is 0 Å². The standard InChI is InChI=1S/C23H18ClN3O4/c1-26-18-5-3-4-6-19(18)27(2)22(26)17(11-25)20(28)13-31-23(29)15-9-14-10-16(24)7-8-21(14)30-12-15/h3-10H,12-13H2,1-2H3. The van der Waals surface area contributed by atoms with Crippen molar-refractivity contribution in [2.75, 3.05) is 37.1 Å². The van der Waals surface area contributed by atoms with Crippen LogP contribution in [0.2, 0.25) is 5.02 Å². The van der Waals surface area contributed by atoms with E-state index in [1.165, 1.54) is 0 Å². The van der Waals surface area contributed by atoms with Gasteiger partial charge in [-0.1, -0.05) is 23.7 Å². The molecule has 2 aliphatic rings. The third-order valence-corrected chi connectivity index (χ3v) is 5.37. The van der Waals surface area contributed by atoms with E-state index in [-0.39, 0.29) is 17.8 Å². The number of benzene rings is 2. The molecule has 0 fully saturated rings. The van der Waals surface area contributed by atoms with Crippen LogP contribution in [0.25, 0.3) is 6.08 Å².